The highest BCUT2D eigenvalue weighted by molar-refractivity contribution is 6.01. The summed E-state index contributed by atoms with van der Waals surface area (Å²) in [5, 5.41) is 11.5. The minimum absolute atomic E-state index is 0.0445. The fourth-order valence-corrected chi connectivity index (χ4v) is 9.10. The number of aliphatic hydroxyl groups is 1. The van der Waals surface area contributed by atoms with Crippen molar-refractivity contribution >= 4 is 5.78 Å². The van der Waals surface area contributed by atoms with E-state index < -0.39 is 34.0 Å². The van der Waals surface area contributed by atoms with Crippen molar-refractivity contribution in [2.24, 2.45) is 28.6 Å². The first-order chi connectivity index (χ1) is 14.6. The number of aliphatic hydroxyl groups excluding tert-OH is 1. The molecule has 170 valence electrons. The topological polar surface area (TPSA) is 65.0 Å². The molecule has 0 bridgehead atoms. The third-order valence-electron chi connectivity index (χ3n) is 10.3. The molecule has 6 heteroatoms. The van der Waals surface area contributed by atoms with Crippen LogP contribution in [0.3, 0.4) is 0 Å². The van der Waals surface area contributed by atoms with Crippen molar-refractivity contribution in [1.29, 1.82) is 0 Å². The van der Waals surface area contributed by atoms with Crippen LogP contribution in [0, 0.1) is 28.6 Å². The SMILES string of the molecule is C[C@H]1C[C@H]2[C@@H]3CCC4=CC(=O)C=C[C@]4(C)[C@@]3(F)[C@@H](O)C[C@]2(C)[C@]12OCOC21CCCO1. The minimum atomic E-state index is -1.81. The van der Waals surface area contributed by atoms with Crippen LogP contribution in [0.5, 0.6) is 0 Å². The number of ether oxygens (including phenoxy) is 3. The molecule has 0 aromatic rings. The molecule has 5 fully saturated rings. The second-order valence-corrected chi connectivity index (χ2v) is 11.2. The number of alkyl halides is 1. The molecule has 5 nitrogen and oxygen atoms in total. The lowest BCUT2D eigenvalue weighted by Crippen LogP contribution is -2.71. The third kappa shape index (κ3) is 2.06. The van der Waals surface area contributed by atoms with E-state index >= 15 is 4.39 Å². The van der Waals surface area contributed by atoms with Crippen LogP contribution < -0.4 is 0 Å². The summed E-state index contributed by atoms with van der Waals surface area (Å²) < 4.78 is 36.2. The van der Waals surface area contributed by atoms with Gasteiger partial charge in [-0.15, -0.1) is 0 Å². The van der Waals surface area contributed by atoms with Crippen molar-refractivity contribution < 1.29 is 28.5 Å². The number of allylic oxidation sites excluding steroid dienone is 4. The number of fused-ring (bicyclic) bond motifs is 7. The van der Waals surface area contributed by atoms with Crippen LogP contribution in [0.2, 0.25) is 0 Å². The summed E-state index contributed by atoms with van der Waals surface area (Å²) >= 11 is 0. The Kier molecular flexibility index (Phi) is 4.02. The summed E-state index contributed by atoms with van der Waals surface area (Å²) in [4.78, 5) is 12.0. The van der Waals surface area contributed by atoms with Crippen LogP contribution in [0.1, 0.15) is 59.3 Å². The van der Waals surface area contributed by atoms with Crippen LogP contribution in [0.25, 0.3) is 0 Å². The van der Waals surface area contributed by atoms with Crippen molar-refractivity contribution in [3.8, 4) is 0 Å². The molecule has 4 aliphatic carbocycles. The van der Waals surface area contributed by atoms with Gasteiger partial charge in [-0.1, -0.05) is 25.5 Å². The molecule has 2 heterocycles. The van der Waals surface area contributed by atoms with Crippen LogP contribution >= 0.6 is 0 Å². The Labute approximate surface area is 183 Å². The van der Waals surface area contributed by atoms with E-state index in [1.165, 1.54) is 6.08 Å². The number of carbonyl (C=O) groups is 1. The Balaban J connectivity index is 1.48. The molecule has 3 saturated carbocycles. The van der Waals surface area contributed by atoms with Gasteiger partial charge in [-0.2, -0.15) is 0 Å². The molecule has 6 rings (SSSR count). The fourth-order valence-electron chi connectivity index (χ4n) is 9.10. The first kappa shape index (κ1) is 20.5. The van der Waals surface area contributed by atoms with E-state index in [4.69, 9.17) is 14.2 Å². The van der Waals surface area contributed by atoms with E-state index in [1.54, 1.807) is 12.2 Å². The molecule has 0 amide bonds. The van der Waals surface area contributed by atoms with Gasteiger partial charge in [0.15, 0.2) is 18.2 Å². The van der Waals surface area contributed by atoms with Crippen molar-refractivity contribution in [3.05, 3.63) is 23.8 Å². The lowest BCUT2D eigenvalue weighted by atomic mass is 9.44. The van der Waals surface area contributed by atoms with E-state index in [0.717, 1.165) is 24.8 Å². The van der Waals surface area contributed by atoms with E-state index in [-0.39, 0.29) is 30.3 Å². The summed E-state index contributed by atoms with van der Waals surface area (Å²) in [6.45, 7) is 7.05. The maximum Gasteiger partial charge on any atom is 0.201 e. The van der Waals surface area contributed by atoms with Gasteiger partial charge in [0.25, 0.3) is 0 Å². The summed E-state index contributed by atoms with van der Waals surface area (Å²) in [6.07, 6.45) is 7.76. The molecule has 2 saturated heterocycles. The molecule has 0 radical (unpaired) electrons. The van der Waals surface area contributed by atoms with Crippen LogP contribution in [-0.4, -0.2) is 47.5 Å². The van der Waals surface area contributed by atoms with Crippen molar-refractivity contribution in [1.82, 2.24) is 0 Å². The van der Waals surface area contributed by atoms with Gasteiger partial charge in [-0.05, 0) is 63.0 Å². The van der Waals surface area contributed by atoms with E-state index in [0.29, 0.717) is 25.9 Å². The number of hydrogen-bond acceptors (Lipinski definition) is 5. The third-order valence-corrected chi connectivity index (χ3v) is 10.3. The summed E-state index contributed by atoms with van der Waals surface area (Å²) in [5.41, 5.74) is -3.10. The smallest absolute Gasteiger partial charge is 0.201 e. The molecule has 1 N–H and O–H groups in total. The second kappa shape index (κ2) is 6.07. The summed E-state index contributed by atoms with van der Waals surface area (Å²) in [6, 6.07) is 0. The fraction of sp³-hybridized carbons (Fsp3) is 0.800. The maximum atomic E-state index is 17.3. The highest BCUT2D eigenvalue weighted by atomic mass is 19.1. The van der Waals surface area contributed by atoms with E-state index in [2.05, 4.69) is 13.8 Å². The van der Waals surface area contributed by atoms with Gasteiger partial charge in [0.2, 0.25) is 5.79 Å². The first-order valence-corrected chi connectivity index (χ1v) is 11.9. The molecule has 6 aliphatic rings. The maximum absolute atomic E-state index is 17.3. The van der Waals surface area contributed by atoms with E-state index in [9.17, 15) is 9.90 Å². The number of hydrogen-bond donors (Lipinski definition) is 1. The monoisotopic (exact) mass is 432 g/mol. The molecule has 0 aromatic carbocycles. The summed E-state index contributed by atoms with van der Waals surface area (Å²) in [7, 11) is 0. The Morgan fingerprint density at radius 1 is 1.19 bits per heavy atom. The van der Waals surface area contributed by atoms with Gasteiger partial charge in [0.05, 0.1) is 12.7 Å². The highest BCUT2D eigenvalue weighted by Crippen LogP contribution is 2.74. The normalized spacial score (nSPS) is 57.8. The zero-order valence-corrected chi connectivity index (χ0v) is 18.7. The molecule has 9 atom stereocenters. The Morgan fingerprint density at radius 2 is 2.00 bits per heavy atom. The Hall–Kier alpha value is -1.08. The van der Waals surface area contributed by atoms with E-state index in [1.807, 2.05) is 6.92 Å². The molecular weight excluding hydrogens is 399 g/mol. The van der Waals surface area contributed by atoms with Crippen LogP contribution in [0.4, 0.5) is 4.39 Å². The lowest BCUT2D eigenvalue weighted by molar-refractivity contribution is -0.282. The largest absolute Gasteiger partial charge is 0.390 e. The molecule has 2 spiro atoms. The molecule has 31 heavy (non-hydrogen) atoms. The van der Waals surface area contributed by atoms with Gasteiger partial charge < -0.3 is 19.3 Å². The number of halogens is 1. The predicted octanol–water partition coefficient (Wildman–Crippen LogP) is 3.85. The Bertz CT molecular complexity index is 887. The standard InChI is InChI=1S/C25H33FO5/c1-15-11-19-18-6-5-16-12-17(27)7-9-21(16,2)24(18,26)20(28)13-22(19,3)25(15)23(30-14-31-25)8-4-10-29-23/h7,9,12,15,18-20,28H,4-6,8,10-11,13-14H2,1-3H3/t15-,18-,19-,20-,21-,22-,23?,24-,25+/m0/s1. The zero-order chi connectivity index (χ0) is 21.9. The lowest BCUT2D eigenvalue weighted by Gasteiger charge is -2.63. The van der Waals surface area contributed by atoms with Gasteiger partial charge in [-0.25, -0.2) is 4.39 Å². The highest BCUT2D eigenvalue weighted by Gasteiger charge is 2.81. The van der Waals surface area contributed by atoms with Gasteiger partial charge in [-0.3, -0.25) is 4.79 Å². The van der Waals surface area contributed by atoms with Gasteiger partial charge in [0.1, 0.15) is 5.60 Å². The van der Waals surface area contributed by atoms with Crippen molar-refractivity contribution in [2.45, 2.75) is 82.5 Å². The van der Waals surface area contributed by atoms with Crippen LogP contribution in [0.15, 0.2) is 23.8 Å². The molecule has 0 aromatic heterocycles. The van der Waals surface area contributed by atoms with Gasteiger partial charge in [0, 0.05) is 23.2 Å². The number of ketones is 1. The number of rotatable bonds is 0. The number of carbonyl (C=O) groups excluding carboxylic acids is 1. The average Bonchev–Trinajstić information content (AvgIpc) is 3.40. The Morgan fingerprint density at radius 3 is 2.74 bits per heavy atom. The zero-order valence-electron chi connectivity index (χ0n) is 18.7. The van der Waals surface area contributed by atoms with Gasteiger partial charge >= 0.3 is 0 Å². The van der Waals surface area contributed by atoms with Crippen LogP contribution in [-0.2, 0) is 19.0 Å². The quantitative estimate of drug-likeness (QED) is 0.630. The minimum Gasteiger partial charge on any atom is -0.390 e. The molecule has 1 unspecified atom stereocenters. The summed E-state index contributed by atoms with van der Waals surface area (Å²) in [5.74, 6) is -1.03. The second-order valence-electron chi connectivity index (χ2n) is 11.2. The molecular formula is C25H33FO5. The van der Waals surface area contributed by atoms with Crippen molar-refractivity contribution in [2.75, 3.05) is 13.4 Å². The van der Waals surface area contributed by atoms with Crippen molar-refractivity contribution in [3.63, 3.8) is 0 Å². The first-order valence-electron chi connectivity index (χ1n) is 11.9. The molecule has 2 aliphatic heterocycles. The average molecular weight is 433 g/mol. The predicted molar refractivity (Wildman–Crippen MR) is 111 cm³/mol.